The summed E-state index contributed by atoms with van der Waals surface area (Å²) in [6.45, 7) is 6.16. The zero-order valence-electron chi connectivity index (χ0n) is 21.9. The van der Waals surface area contributed by atoms with Gasteiger partial charge < -0.3 is 20.1 Å². The first kappa shape index (κ1) is 28.6. The lowest BCUT2D eigenvalue weighted by molar-refractivity contribution is -0.119. The van der Waals surface area contributed by atoms with Crippen molar-refractivity contribution >= 4 is 27.7 Å². The first-order valence-electron chi connectivity index (χ1n) is 12.4. The highest BCUT2D eigenvalue weighted by atomic mass is 32.2. The summed E-state index contributed by atoms with van der Waals surface area (Å²) in [7, 11) is -3.44. The number of carbonyl (C=O) groups excluding carboxylic acids is 2. The van der Waals surface area contributed by atoms with Crippen LogP contribution in [0.1, 0.15) is 50.8 Å². The van der Waals surface area contributed by atoms with E-state index in [4.69, 9.17) is 4.74 Å². The molecule has 10 heteroatoms. The molecule has 0 unspecified atom stereocenters. The summed E-state index contributed by atoms with van der Waals surface area (Å²) < 4.78 is 30.7. The number of aliphatic hydroxyl groups is 1. The summed E-state index contributed by atoms with van der Waals surface area (Å²) in [5.41, 5.74) is 1.55. The van der Waals surface area contributed by atoms with E-state index in [0.29, 0.717) is 43.6 Å². The van der Waals surface area contributed by atoms with Gasteiger partial charge in [0, 0.05) is 18.8 Å². The number of sulfonamides is 1. The Kier molecular flexibility index (Phi) is 9.33. The molecule has 9 nitrogen and oxygen atoms in total. The Labute approximate surface area is 219 Å². The van der Waals surface area contributed by atoms with Gasteiger partial charge in [0.1, 0.15) is 11.6 Å². The van der Waals surface area contributed by atoms with E-state index >= 15 is 0 Å². The Bertz CT molecular complexity index is 1160. The van der Waals surface area contributed by atoms with Gasteiger partial charge >= 0.3 is 6.09 Å². The molecule has 0 aromatic heterocycles. The van der Waals surface area contributed by atoms with Crippen LogP contribution in [0.2, 0.25) is 0 Å². The number of rotatable bonds is 9. The molecule has 1 aliphatic heterocycles. The third-order valence-corrected chi connectivity index (χ3v) is 7.34. The fourth-order valence-corrected chi connectivity index (χ4v) is 5.34. The predicted molar refractivity (Wildman–Crippen MR) is 143 cm³/mol. The maximum absolute atomic E-state index is 12.8. The molecule has 2 aromatic rings. The maximum Gasteiger partial charge on any atom is 0.410 e. The molecule has 1 aliphatic rings. The van der Waals surface area contributed by atoms with Crippen molar-refractivity contribution in [2.45, 2.75) is 57.8 Å². The van der Waals surface area contributed by atoms with Crippen molar-refractivity contribution in [3.63, 3.8) is 0 Å². The zero-order valence-corrected chi connectivity index (χ0v) is 22.7. The third-order valence-electron chi connectivity index (χ3n) is 6.05. The van der Waals surface area contributed by atoms with E-state index in [-0.39, 0.29) is 12.5 Å². The Morgan fingerprint density at radius 2 is 1.78 bits per heavy atom. The molecule has 1 saturated heterocycles. The minimum absolute atomic E-state index is 0.0886. The first-order valence-corrected chi connectivity index (χ1v) is 14.3. The number of benzene rings is 2. The van der Waals surface area contributed by atoms with Crippen molar-refractivity contribution in [3.8, 4) is 0 Å². The summed E-state index contributed by atoms with van der Waals surface area (Å²) in [6.07, 6.45) is 1.42. The topological polar surface area (TPSA) is 116 Å². The number of carbonyl (C=O) groups is 2. The van der Waals surface area contributed by atoms with Crippen LogP contribution in [0.3, 0.4) is 0 Å². The van der Waals surface area contributed by atoms with E-state index in [1.807, 2.05) is 42.5 Å². The van der Waals surface area contributed by atoms with Crippen LogP contribution in [-0.4, -0.2) is 72.3 Å². The number of amides is 2. The molecule has 2 amide bonds. The van der Waals surface area contributed by atoms with Crippen LogP contribution in [0, 0.1) is 0 Å². The third kappa shape index (κ3) is 8.55. The number of nitrogens with zero attached hydrogens (tertiary/aromatic N) is 2. The molecule has 0 bridgehead atoms. The van der Waals surface area contributed by atoms with Crippen LogP contribution < -0.4 is 5.32 Å². The fourth-order valence-electron chi connectivity index (χ4n) is 4.22. The second-order valence-corrected chi connectivity index (χ2v) is 12.3. The highest BCUT2D eigenvalue weighted by Crippen LogP contribution is 2.22. The summed E-state index contributed by atoms with van der Waals surface area (Å²) in [5, 5.41) is 13.5. The van der Waals surface area contributed by atoms with E-state index in [1.165, 1.54) is 9.21 Å². The van der Waals surface area contributed by atoms with Gasteiger partial charge in [-0.2, -0.15) is 4.31 Å². The molecular weight excluding hydrogens is 494 g/mol. The lowest BCUT2D eigenvalue weighted by atomic mass is 10.1. The number of nitrogens with one attached hydrogen (secondary N) is 1. The van der Waals surface area contributed by atoms with Crippen LogP contribution >= 0.6 is 0 Å². The molecule has 2 N–H and O–H groups in total. The largest absolute Gasteiger partial charge is 0.444 e. The molecule has 0 radical (unpaired) electrons. The molecule has 0 saturated carbocycles. The van der Waals surface area contributed by atoms with Crippen LogP contribution in [0.4, 0.5) is 10.5 Å². The monoisotopic (exact) mass is 531 g/mol. The van der Waals surface area contributed by atoms with E-state index in [2.05, 4.69) is 5.32 Å². The van der Waals surface area contributed by atoms with E-state index in [1.54, 1.807) is 32.9 Å². The van der Waals surface area contributed by atoms with Crippen LogP contribution in [-0.2, 0) is 26.0 Å². The second-order valence-electron chi connectivity index (χ2n) is 10.3. The molecule has 1 heterocycles. The molecule has 0 aliphatic carbocycles. The maximum atomic E-state index is 12.8. The number of anilines is 1. The number of ether oxygens (including phenoxy) is 1. The molecule has 0 spiro atoms. The Hall–Kier alpha value is -2.95. The average Bonchev–Trinajstić information content (AvgIpc) is 3.33. The SMILES string of the molecule is CC(C)(C)OC(=O)N(CCc1ccc(NC(=O)[C@@H]2CCCN2S(C)(=O)=O)cc1)C[C@H](O)c1ccccc1. The lowest BCUT2D eigenvalue weighted by Crippen LogP contribution is -2.42. The standard InChI is InChI=1S/C27H37N3O6S/c1-27(2,3)36-26(33)29(19-24(31)21-9-6-5-7-10-21)18-16-20-12-14-22(15-13-20)28-25(32)23-11-8-17-30(23)37(4,34)35/h5-7,9-10,12-15,23-24,31H,8,11,16-19H2,1-4H3,(H,28,32)/t23-,24-/m0/s1. The second kappa shape index (κ2) is 12.1. The van der Waals surface area contributed by atoms with Gasteiger partial charge in [0.2, 0.25) is 15.9 Å². The van der Waals surface area contributed by atoms with Crippen molar-refractivity contribution in [1.82, 2.24) is 9.21 Å². The summed E-state index contributed by atoms with van der Waals surface area (Å²) in [6, 6.07) is 15.7. The molecule has 2 atom stereocenters. The van der Waals surface area contributed by atoms with Gasteiger partial charge in [-0.1, -0.05) is 42.5 Å². The van der Waals surface area contributed by atoms with Crippen molar-refractivity contribution in [3.05, 3.63) is 65.7 Å². The van der Waals surface area contributed by atoms with Crippen molar-refractivity contribution in [1.29, 1.82) is 0 Å². The van der Waals surface area contributed by atoms with E-state index < -0.39 is 33.9 Å². The fraction of sp³-hybridized carbons (Fsp3) is 0.481. The minimum Gasteiger partial charge on any atom is -0.444 e. The van der Waals surface area contributed by atoms with Gasteiger partial charge in [0.25, 0.3) is 0 Å². The molecule has 202 valence electrons. The summed E-state index contributed by atoms with van der Waals surface area (Å²) >= 11 is 0. The smallest absolute Gasteiger partial charge is 0.410 e. The highest BCUT2D eigenvalue weighted by molar-refractivity contribution is 7.88. The minimum atomic E-state index is -3.44. The van der Waals surface area contributed by atoms with Crippen molar-refractivity contribution in [2.24, 2.45) is 0 Å². The van der Waals surface area contributed by atoms with Crippen molar-refractivity contribution in [2.75, 3.05) is 31.2 Å². The average molecular weight is 532 g/mol. The van der Waals surface area contributed by atoms with E-state index in [0.717, 1.165) is 11.8 Å². The van der Waals surface area contributed by atoms with E-state index in [9.17, 15) is 23.1 Å². The molecule has 2 aromatic carbocycles. The van der Waals surface area contributed by atoms with Gasteiger partial charge in [-0.25, -0.2) is 13.2 Å². The van der Waals surface area contributed by atoms with Crippen molar-refractivity contribution < 1.29 is 27.9 Å². The Morgan fingerprint density at radius 3 is 2.38 bits per heavy atom. The van der Waals surface area contributed by atoms with Crippen LogP contribution in [0.5, 0.6) is 0 Å². The van der Waals surface area contributed by atoms with Crippen LogP contribution in [0.15, 0.2) is 54.6 Å². The quantitative estimate of drug-likeness (QED) is 0.511. The number of hydrogen-bond donors (Lipinski definition) is 2. The van der Waals surface area contributed by atoms with Gasteiger partial charge in [0.15, 0.2) is 0 Å². The molecule has 1 fully saturated rings. The first-order chi connectivity index (χ1) is 17.3. The molecule has 37 heavy (non-hydrogen) atoms. The van der Waals surface area contributed by atoms with Gasteiger partial charge in [0.05, 0.1) is 18.9 Å². The van der Waals surface area contributed by atoms with Gasteiger partial charge in [-0.15, -0.1) is 0 Å². The molecule has 3 rings (SSSR count). The zero-order chi connectivity index (χ0) is 27.2. The normalized spacial score (nSPS) is 17.3. The highest BCUT2D eigenvalue weighted by Gasteiger charge is 2.36. The predicted octanol–water partition coefficient (Wildman–Crippen LogP) is 3.56. The molecular formula is C27H37N3O6S. The summed E-state index contributed by atoms with van der Waals surface area (Å²) in [4.78, 5) is 27.0. The lowest BCUT2D eigenvalue weighted by Gasteiger charge is -2.29. The van der Waals surface area contributed by atoms with Gasteiger partial charge in [-0.05, 0) is 63.3 Å². The van der Waals surface area contributed by atoms with Crippen LogP contribution in [0.25, 0.3) is 0 Å². The Balaban J connectivity index is 1.62. The number of hydrogen-bond acceptors (Lipinski definition) is 6. The Morgan fingerprint density at radius 1 is 1.14 bits per heavy atom. The number of aliphatic hydroxyl groups excluding tert-OH is 1. The van der Waals surface area contributed by atoms with Gasteiger partial charge in [-0.3, -0.25) is 4.79 Å². The summed E-state index contributed by atoms with van der Waals surface area (Å²) in [5.74, 6) is -0.346.